The van der Waals surface area contributed by atoms with E-state index in [1.165, 1.54) is 18.2 Å². The third-order valence-electron chi connectivity index (χ3n) is 3.48. The molecular formula is C17H11ClN2O4S. The SMILES string of the molecule is O=C1NC(=S)N(c2cccc(Cl)c2)C(=O)C1=Cc1ccc(O)cc1O. The van der Waals surface area contributed by atoms with Crippen LogP contribution < -0.4 is 10.2 Å². The standard InChI is InChI=1S/C17H11ClN2O4S/c18-10-2-1-3-11(7-10)20-16(24)13(15(23)19-17(20)25)6-9-4-5-12(21)8-14(9)22/h1-8,21-22H,(H,19,23,25). The zero-order valence-corrected chi connectivity index (χ0v) is 14.1. The Bertz CT molecular complexity index is 942. The van der Waals surface area contributed by atoms with Gasteiger partial charge in [0.15, 0.2) is 5.11 Å². The van der Waals surface area contributed by atoms with Gasteiger partial charge in [-0.05, 0) is 48.6 Å². The van der Waals surface area contributed by atoms with Crippen molar-refractivity contribution in [2.75, 3.05) is 4.90 Å². The van der Waals surface area contributed by atoms with Gasteiger partial charge in [-0.2, -0.15) is 0 Å². The van der Waals surface area contributed by atoms with E-state index in [0.29, 0.717) is 10.7 Å². The molecule has 0 unspecified atom stereocenters. The van der Waals surface area contributed by atoms with Gasteiger partial charge in [0.25, 0.3) is 11.8 Å². The Morgan fingerprint density at radius 3 is 2.56 bits per heavy atom. The number of anilines is 1. The fraction of sp³-hybridized carbons (Fsp3) is 0. The van der Waals surface area contributed by atoms with Gasteiger partial charge in [0.2, 0.25) is 0 Å². The first kappa shape index (κ1) is 16.9. The predicted molar refractivity (Wildman–Crippen MR) is 97.4 cm³/mol. The molecule has 25 heavy (non-hydrogen) atoms. The summed E-state index contributed by atoms with van der Waals surface area (Å²) in [6, 6.07) is 10.3. The van der Waals surface area contributed by atoms with Crippen LogP contribution in [0.1, 0.15) is 5.56 Å². The number of hydrogen-bond donors (Lipinski definition) is 3. The largest absolute Gasteiger partial charge is 0.508 e. The number of phenols is 2. The molecule has 2 aromatic carbocycles. The van der Waals surface area contributed by atoms with Crippen LogP contribution in [0.5, 0.6) is 11.5 Å². The van der Waals surface area contributed by atoms with Gasteiger partial charge in [0.1, 0.15) is 17.1 Å². The van der Waals surface area contributed by atoms with Gasteiger partial charge in [-0.3, -0.25) is 19.8 Å². The number of aromatic hydroxyl groups is 2. The highest BCUT2D eigenvalue weighted by Gasteiger charge is 2.34. The summed E-state index contributed by atoms with van der Waals surface area (Å²) >= 11 is 11.0. The quantitative estimate of drug-likeness (QED) is 0.427. The highest BCUT2D eigenvalue weighted by atomic mass is 35.5. The van der Waals surface area contributed by atoms with Crippen LogP contribution in [0.4, 0.5) is 5.69 Å². The lowest BCUT2D eigenvalue weighted by Gasteiger charge is -2.29. The van der Waals surface area contributed by atoms with Crippen LogP contribution in [0.25, 0.3) is 6.08 Å². The number of rotatable bonds is 2. The summed E-state index contributed by atoms with van der Waals surface area (Å²) in [4.78, 5) is 26.1. The van der Waals surface area contributed by atoms with Crippen LogP contribution in [0, 0.1) is 0 Å². The number of amides is 2. The summed E-state index contributed by atoms with van der Waals surface area (Å²) in [5, 5.41) is 22.0. The highest BCUT2D eigenvalue weighted by Crippen LogP contribution is 2.28. The number of nitrogens with zero attached hydrogens (tertiary/aromatic N) is 1. The molecule has 8 heteroatoms. The molecule has 0 saturated carbocycles. The van der Waals surface area contributed by atoms with Crippen molar-refractivity contribution in [3.8, 4) is 11.5 Å². The molecule has 1 heterocycles. The summed E-state index contributed by atoms with van der Waals surface area (Å²) in [6.45, 7) is 0. The zero-order valence-electron chi connectivity index (χ0n) is 12.6. The second kappa shape index (κ2) is 6.54. The maximum Gasteiger partial charge on any atom is 0.270 e. The average molecular weight is 375 g/mol. The van der Waals surface area contributed by atoms with Gasteiger partial charge in [-0.15, -0.1) is 0 Å². The lowest BCUT2D eigenvalue weighted by molar-refractivity contribution is -0.122. The van der Waals surface area contributed by atoms with Crippen molar-refractivity contribution in [2.24, 2.45) is 0 Å². The number of nitrogens with one attached hydrogen (secondary N) is 1. The number of halogens is 1. The lowest BCUT2D eigenvalue weighted by Crippen LogP contribution is -2.54. The van der Waals surface area contributed by atoms with Gasteiger partial charge >= 0.3 is 0 Å². The smallest absolute Gasteiger partial charge is 0.270 e. The Hall–Kier alpha value is -2.90. The summed E-state index contributed by atoms with van der Waals surface area (Å²) in [5.41, 5.74) is 0.396. The zero-order chi connectivity index (χ0) is 18.1. The van der Waals surface area contributed by atoms with E-state index < -0.39 is 11.8 Å². The summed E-state index contributed by atoms with van der Waals surface area (Å²) in [6.07, 6.45) is 1.23. The fourth-order valence-corrected chi connectivity index (χ4v) is 2.78. The third kappa shape index (κ3) is 3.33. The lowest BCUT2D eigenvalue weighted by atomic mass is 10.1. The normalized spacial score (nSPS) is 16.3. The Labute approximate surface area is 153 Å². The second-order valence-corrected chi connectivity index (χ2v) is 6.00. The maximum atomic E-state index is 12.8. The number of carbonyl (C=O) groups is 2. The predicted octanol–water partition coefficient (Wildman–Crippen LogP) is 2.58. The van der Waals surface area contributed by atoms with Crippen molar-refractivity contribution in [1.82, 2.24) is 5.32 Å². The third-order valence-corrected chi connectivity index (χ3v) is 4.00. The molecule has 1 aliphatic heterocycles. The van der Waals surface area contributed by atoms with Gasteiger partial charge in [0.05, 0.1) is 5.69 Å². The molecule has 1 fully saturated rings. The van der Waals surface area contributed by atoms with E-state index in [4.69, 9.17) is 23.8 Å². The molecule has 6 nitrogen and oxygen atoms in total. The number of thiocarbonyl (C=S) groups is 1. The molecule has 2 amide bonds. The van der Waals surface area contributed by atoms with Gasteiger partial charge < -0.3 is 10.2 Å². The van der Waals surface area contributed by atoms with Crippen molar-refractivity contribution in [3.05, 3.63) is 58.6 Å². The minimum absolute atomic E-state index is 0.0654. The number of phenolic OH excluding ortho intramolecular Hbond substituents is 2. The molecule has 0 aliphatic carbocycles. The molecular weight excluding hydrogens is 364 g/mol. The molecule has 0 atom stereocenters. The van der Waals surface area contributed by atoms with Gasteiger partial charge in [-0.1, -0.05) is 17.7 Å². The molecule has 2 aromatic rings. The first-order chi connectivity index (χ1) is 11.9. The molecule has 0 aromatic heterocycles. The van der Waals surface area contributed by atoms with E-state index in [1.807, 2.05) is 0 Å². The van der Waals surface area contributed by atoms with E-state index in [2.05, 4.69) is 5.32 Å². The number of hydrogen-bond acceptors (Lipinski definition) is 5. The van der Waals surface area contributed by atoms with Crippen LogP contribution in [-0.4, -0.2) is 27.1 Å². The van der Waals surface area contributed by atoms with Crippen LogP contribution in [0.2, 0.25) is 5.02 Å². The molecule has 126 valence electrons. The van der Waals surface area contributed by atoms with Crippen molar-refractivity contribution < 1.29 is 19.8 Å². The Balaban J connectivity index is 2.05. The van der Waals surface area contributed by atoms with Crippen molar-refractivity contribution in [3.63, 3.8) is 0 Å². The monoisotopic (exact) mass is 374 g/mol. The average Bonchev–Trinajstić information content (AvgIpc) is 2.53. The van der Waals surface area contributed by atoms with Crippen LogP contribution in [0.3, 0.4) is 0 Å². The van der Waals surface area contributed by atoms with E-state index in [-0.39, 0.29) is 27.7 Å². The van der Waals surface area contributed by atoms with Crippen LogP contribution in [-0.2, 0) is 9.59 Å². The molecule has 3 rings (SSSR count). The highest BCUT2D eigenvalue weighted by molar-refractivity contribution is 7.80. The number of carbonyl (C=O) groups excluding carboxylic acids is 2. The summed E-state index contributed by atoms with van der Waals surface area (Å²) in [7, 11) is 0. The first-order valence-electron chi connectivity index (χ1n) is 7.06. The fourth-order valence-electron chi connectivity index (χ4n) is 2.32. The molecule has 3 N–H and O–H groups in total. The van der Waals surface area contributed by atoms with E-state index in [1.54, 1.807) is 24.3 Å². The summed E-state index contributed by atoms with van der Waals surface area (Å²) < 4.78 is 0. The Morgan fingerprint density at radius 1 is 1.12 bits per heavy atom. The maximum absolute atomic E-state index is 12.8. The van der Waals surface area contributed by atoms with E-state index in [9.17, 15) is 19.8 Å². The number of benzene rings is 2. The van der Waals surface area contributed by atoms with Gasteiger partial charge in [-0.25, -0.2) is 0 Å². The molecule has 1 aliphatic rings. The molecule has 1 saturated heterocycles. The van der Waals surface area contributed by atoms with E-state index >= 15 is 0 Å². The molecule has 0 radical (unpaired) electrons. The first-order valence-corrected chi connectivity index (χ1v) is 7.84. The molecule has 0 bridgehead atoms. The van der Waals surface area contributed by atoms with Crippen LogP contribution >= 0.6 is 23.8 Å². The minimum atomic E-state index is -0.680. The van der Waals surface area contributed by atoms with Crippen LogP contribution in [0.15, 0.2) is 48.0 Å². The minimum Gasteiger partial charge on any atom is -0.508 e. The van der Waals surface area contributed by atoms with E-state index in [0.717, 1.165) is 11.0 Å². The summed E-state index contributed by atoms with van der Waals surface area (Å²) in [5.74, 6) is -1.74. The van der Waals surface area contributed by atoms with Crippen molar-refractivity contribution in [1.29, 1.82) is 0 Å². The van der Waals surface area contributed by atoms with Crippen molar-refractivity contribution in [2.45, 2.75) is 0 Å². The van der Waals surface area contributed by atoms with Crippen molar-refractivity contribution >= 4 is 52.5 Å². The Morgan fingerprint density at radius 2 is 1.88 bits per heavy atom. The topological polar surface area (TPSA) is 89.9 Å². The molecule has 0 spiro atoms. The van der Waals surface area contributed by atoms with Gasteiger partial charge in [0, 0.05) is 16.7 Å². The Kier molecular flexibility index (Phi) is 4.43. The second-order valence-electron chi connectivity index (χ2n) is 5.18.